The minimum atomic E-state index is 0. The number of benzene rings is 1. The molecule has 3 heteroatoms. The van der Waals surface area contributed by atoms with Crippen LogP contribution in [0.3, 0.4) is 0 Å². The van der Waals surface area contributed by atoms with E-state index in [0.717, 1.165) is 0 Å². The smallest absolute Gasteiger partial charge is 0.137 e. The SMILES string of the molecule is O=[C-]c1cccc(C=O)c1.[Mo]. The first-order chi connectivity index (χ1) is 4.86. The Morgan fingerprint density at radius 3 is 2.64 bits per heavy atom. The molecule has 0 aromatic heterocycles. The summed E-state index contributed by atoms with van der Waals surface area (Å²) in [5.41, 5.74) is 0.908. The van der Waals surface area contributed by atoms with Gasteiger partial charge in [-0.1, -0.05) is 6.07 Å². The fourth-order valence-electron chi connectivity index (χ4n) is 0.675. The molecule has 1 aromatic rings. The molecule has 0 unspecified atom stereocenters. The first kappa shape index (κ1) is 10.2. The molecule has 0 heterocycles. The predicted molar refractivity (Wildman–Crippen MR) is 36.6 cm³/mol. The summed E-state index contributed by atoms with van der Waals surface area (Å²) in [6.07, 6.45) is 2.39. The topological polar surface area (TPSA) is 34.1 Å². The average Bonchev–Trinajstić information content (AvgIpc) is 2.05. The van der Waals surface area contributed by atoms with E-state index in [1.54, 1.807) is 24.5 Å². The van der Waals surface area contributed by atoms with E-state index in [-0.39, 0.29) is 21.1 Å². The van der Waals surface area contributed by atoms with Crippen LogP contribution >= 0.6 is 0 Å². The summed E-state index contributed by atoms with van der Waals surface area (Å²) < 4.78 is 0. The summed E-state index contributed by atoms with van der Waals surface area (Å²) in [6.45, 7) is 0. The molecule has 0 aliphatic heterocycles. The first-order valence-electron chi connectivity index (χ1n) is 2.80. The van der Waals surface area contributed by atoms with Crippen LogP contribution in [0.5, 0.6) is 0 Å². The fourth-order valence-corrected chi connectivity index (χ4v) is 0.675. The molecule has 0 aliphatic carbocycles. The summed E-state index contributed by atoms with van der Waals surface area (Å²) >= 11 is 0. The molecular weight excluding hydrogens is 224 g/mol. The molecule has 11 heavy (non-hydrogen) atoms. The molecule has 0 saturated heterocycles. The molecule has 2 nitrogen and oxygen atoms in total. The van der Waals surface area contributed by atoms with Crippen LogP contribution in [-0.2, 0) is 25.9 Å². The normalized spacial score (nSPS) is 8.00. The zero-order valence-electron chi connectivity index (χ0n) is 5.61. The molecule has 0 spiro atoms. The van der Waals surface area contributed by atoms with Gasteiger partial charge in [0, 0.05) is 21.1 Å². The van der Waals surface area contributed by atoms with Crippen LogP contribution in [0.25, 0.3) is 0 Å². The monoisotopic (exact) mass is 231 g/mol. The van der Waals surface area contributed by atoms with Gasteiger partial charge < -0.3 is 4.79 Å². The molecule has 0 fully saturated rings. The molecule has 1 aromatic carbocycles. The number of rotatable bonds is 2. The maximum atomic E-state index is 10.1. The number of carbonyl (C=O) groups is 1. The standard InChI is InChI=1S/C8H5O2.Mo/c9-5-7-2-1-3-8(4-7)6-10;/h1-5H;/q-1;. The number of hydrogen-bond donors (Lipinski definition) is 0. The maximum absolute atomic E-state index is 10.1. The van der Waals surface area contributed by atoms with Crippen LogP contribution in [0.2, 0.25) is 0 Å². The van der Waals surface area contributed by atoms with Crippen molar-refractivity contribution in [2.24, 2.45) is 0 Å². The predicted octanol–water partition coefficient (Wildman–Crippen LogP) is 0.954. The molecule has 0 aliphatic rings. The Morgan fingerprint density at radius 1 is 1.36 bits per heavy atom. The Bertz CT molecular complexity index is 235. The van der Waals surface area contributed by atoms with E-state index in [1.165, 1.54) is 6.07 Å². The van der Waals surface area contributed by atoms with Gasteiger partial charge in [-0.15, -0.1) is 12.1 Å². The van der Waals surface area contributed by atoms with Crippen LogP contribution < -0.4 is 0 Å². The third-order valence-electron chi connectivity index (χ3n) is 1.14. The Balaban J connectivity index is 0.000001000. The number of carbonyl (C=O) groups excluding carboxylic acids is 2. The van der Waals surface area contributed by atoms with Crippen molar-refractivity contribution in [1.29, 1.82) is 0 Å². The zero-order chi connectivity index (χ0) is 7.40. The van der Waals surface area contributed by atoms with Gasteiger partial charge in [0.05, 0.1) is 6.29 Å². The summed E-state index contributed by atoms with van der Waals surface area (Å²) in [4.78, 5) is 20.2. The van der Waals surface area contributed by atoms with Crippen molar-refractivity contribution in [3.63, 3.8) is 0 Å². The summed E-state index contributed by atoms with van der Waals surface area (Å²) in [7, 11) is 0. The fraction of sp³-hybridized carbons (Fsp3) is 0. The van der Waals surface area contributed by atoms with E-state index in [9.17, 15) is 9.59 Å². The van der Waals surface area contributed by atoms with Crippen LogP contribution in [0.1, 0.15) is 15.9 Å². The average molecular weight is 229 g/mol. The molecule has 56 valence electrons. The van der Waals surface area contributed by atoms with Crippen molar-refractivity contribution in [3.05, 3.63) is 35.4 Å². The van der Waals surface area contributed by atoms with Crippen LogP contribution in [0, 0.1) is 0 Å². The van der Waals surface area contributed by atoms with Gasteiger partial charge in [0.25, 0.3) is 0 Å². The van der Waals surface area contributed by atoms with Crippen molar-refractivity contribution in [2.75, 3.05) is 0 Å². The Hall–Kier alpha value is -0.752. The van der Waals surface area contributed by atoms with Gasteiger partial charge in [-0.3, -0.25) is 4.79 Å². The summed E-state index contributed by atoms with van der Waals surface area (Å²) in [5.74, 6) is 0. The van der Waals surface area contributed by atoms with Crippen molar-refractivity contribution in [1.82, 2.24) is 0 Å². The van der Waals surface area contributed by atoms with Crippen LogP contribution in [0.4, 0.5) is 0 Å². The van der Waals surface area contributed by atoms with E-state index in [2.05, 4.69) is 0 Å². The number of hydrogen-bond acceptors (Lipinski definition) is 2. The van der Waals surface area contributed by atoms with Crippen molar-refractivity contribution < 1.29 is 30.7 Å². The summed E-state index contributed by atoms with van der Waals surface area (Å²) in [5, 5.41) is 0. The largest absolute Gasteiger partial charge is 0.376 e. The minimum Gasteiger partial charge on any atom is -0.376 e. The second-order valence-electron chi connectivity index (χ2n) is 1.85. The van der Waals surface area contributed by atoms with E-state index in [4.69, 9.17) is 0 Å². The Morgan fingerprint density at radius 2 is 2.09 bits per heavy atom. The molecule has 0 radical (unpaired) electrons. The molecule has 1 rings (SSSR count). The zero-order valence-corrected chi connectivity index (χ0v) is 7.62. The second kappa shape index (κ2) is 4.97. The molecule has 0 N–H and O–H groups in total. The Kier molecular flexibility index (Phi) is 4.63. The maximum Gasteiger partial charge on any atom is 0.137 e. The van der Waals surface area contributed by atoms with E-state index in [0.29, 0.717) is 17.4 Å². The van der Waals surface area contributed by atoms with Crippen LogP contribution in [0.15, 0.2) is 24.3 Å². The van der Waals surface area contributed by atoms with Gasteiger partial charge in [0.1, 0.15) is 6.29 Å². The quantitative estimate of drug-likeness (QED) is 0.430. The van der Waals surface area contributed by atoms with Crippen LogP contribution in [-0.4, -0.2) is 12.6 Å². The molecular formula is C8H5MoO2-. The molecule has 0 amide bonds. The van der Waals surface area contributed by atoms with Crippen molar-refractivity contribution >= 4 is 12.6 Å². The van der Waals surface area contributed by atoms with Gasteiger partial charge in [0.2, 0.25) is 0 Å². The third kappa shape index (κ3) is 2.77. The van der Waals surface area contributed by atoms with E-state index in [1.807, 2.05) is 0 Å². The summed E-state index contributed by atoms with van der Waals surface area (Å²) in [6, 6.07) is 6.36. The van der Waals surface area contributed by atoms with Gasteiger partial charge >= 0.3 is 0 Å². The van der Waals surface area contributed by atoms with Gasteiger partial charge in [-0.2, -0.15) is 11.6 Å². The Labute approximate surface area is 78.9 Å². The molecule has 0 bridgehead atoms. The van der Waals surface area contributed by atoms with E-state index >= 15 is 0 Å². The van der Waals surface area contributed by atoms with Gasteiger partial charge in [-0.25, -0.2) is 0 Å². The van der Waals surface area contributed by atoms with Crippen molar-refractivity contribution in [3.8, 4) is 0 Å². The van der Waals surface area contributed by atoms with Gasteiger partial charge in [0.15, 0.2) is 0 Å². The third-order valence-corrected chi connectivity index (χ3v) is 1.14. The second-order valence-corrected chi connectivity index (χ2v) is 1.85. The number of aldehydes is 1. The first-order valence-corrected chi connectivity index (χ1v) is 2.80. The molecule has 0 saturated carbocycles. The molecule has 0 atom stereocenters. The van der Waals surface area contributed by atoms with E-state index < -0.39 is 0 Å². The van der Waals surface area contributed by atoms with Crippen molar-refractivity contribution in [2.45, 2.75) is 0 Å². The minimum absolute atomic E-state index is 0. The van der Waals surface area contributed by atoms with Gasteiger partial charge in [-0.05, 0) is 5.56 Å².